The van der Waals surface area contributed by atoms with E-state index in [2.05, 4.69) is 5.10 Å². The van der Waals surface area contributed by atoms with E-state index in [0.717, 1.165) is 9.53 Å². The van der Waals surface area contributed by atoms with Crippen molar-refractivity contribution in [2.24, 2.45) is 7.05 Å². The van der Waals surface area contributed by atoms with Crippen LogP contribution in [0.5, 0.6) is 0 Å². The van der Waals surface area contributed by atoms with Gasteiger partial charge in [0.2, 0.25) is 5.43 Å². The zero-order chi connectivity index (χ0) is 11.3. The fraction of sp³-hybridized carbons (Fsp3) is 0.0909. The summed E-state index contributed by atoms with van der Waals surface area (Å²) in [6.45, 7) is 0. The molecule has 16 heavy (non-hydrogen) atoms. The van der Waals surface area contributed by atoms with E-state index in [1.165, 1.54) is 11.3 Å². The van der Waals surface area contributed by atoms with E-state index in [4.69, 9.17) is 5.73 Å². The van der Waals surface area contributed by atoms with Gasteiger partial charge in [0.15, 0.2) is 5.82 Å². The normalized spacial score (nSPS) is 11.3. The molecule has 0 saturated heterocycles. The van der Waals surface area contributed by atoms with Crippen LogP contribution < -0.4 is 11.2 Å². The van der Waals surface area contributed by atoms with E-state index in [-0.39, 0.29) is 5.43 Å². The predicted molar refractivity (Wildman–Crippen MR) is 66.8 cm³/mol. The number of hydrogen-bond donors (Lipinski definition) is 1. The maximum Gasteiger partial charge on any atom is 0.201 e. The Bertz CT molecular complexity index is 757. The SMILES string of the molecule is Cn1nc(N)c2c(=O)c3ccccc3sc21. The Morgan fingerprint density at radius 2 is 2.12 bits per heavy atom. The lowest BCUT2D eigenvalue weighted by molar-refractivity contribution is 0.807. The molecule has 0 bridgehead atoms. The van der Waals surface area contributed by atoms with Crippen LogP contribution in [0.3, 0.4) is 0 Å². The molecule has 1 aromatic carbocycles. The smallest absolute Gasteiger partial charge is 0.201 e. The molecule has 0 radical (unpaired) electrons. The van der Waals surface area contributed by atoms with Crippen LogP contribution in [-0.4, -0.2) is 9.78 Å². The first-order chi connectivity index (χ1) is 7.68. The highest BCUT2D eigenvalue weighted by molar-refractivity contribution is 7.24. The molecule has 0 fully saturated rings. The molecule has 0 unspecified atom stereocenters. The minimum Gasteiger partial charge on any atom is -0.382 e. The molecule has 3 aromatic rings. The van der Waals surface area contributed by atoms with Crippen LogP contribution in [0.4, 0.5) is 5.82 Å². The maximum absolute atomic E-state index is 12.2. The molecule has 0 atom stereocenters. The van der Waals surface area contributed by atoms with E-state index in [0.29, 0.717) is 16.6 Å². The van der Waals surface area contributed by atoms with Gasteiger partial charge in [0.1, 0.15) is 10.2 Å². The Balaban J connectivity index is 2.69. The number of anilines is 1. The number of benzene rings is 1. The molecule has 2 heterocycles. The van der Waals surface area contributed by atoms with Crippen LogP contribution in [0, 0.1) is 0 Å². The first-order valence-corrected chi connectivity index (χ1v) is 5.64. The second-order valence-electron chi connectivity index (χ2n) is 3.62. The zero-order valence-electron chi connectivity index (χ0n) is 8.60. The quantitative estimate of drug-likeness (QED) is 0.641. The lowest BCUT2D eigenvalue weighted by atomic mass is 10.2. The topological polar surface area (TPSA) is 60.9 Å². The van der Waals surface area contributed by atoms with Crippen molar-refractivity contribution in [1.29, 1.82) is 0 Å². The number of nitrogen functional groups attached to an aromatic ring is 1. The van der Waals surface area contributed by atoms with Crippen LogP contribution in [0.1, 0.15) is 0 Å². The van der Waals surface area contributed by atoms with Crippen LogP contribution in [0.2, 0.25) is 0 Å². The average molecular weight is 231 g/mol. The molecule has 0 aliphatic rings. The zero-order valence-corrected chi connectivity index (χ0v) is 9.41. The van der Waals surface area contributed by atoms with Crippen molar-refractivity contribution in [3.63, 3.8) is 0 Å². The van der Waals surface area contributed by atoms with Gasteiger partial charge >= 0.3 is 0 Å². The Hall–Kier alpha value is -1.88. The van der Waals surface area contributed by atoms with Crippen molar-refractivity contribution in [1.82, 2.24) is 9.78 Å². The second kappa shape index (κ2) is 3.05. The molecule has 2 aromatic heterocycles. The van der Waals surface area contributed by atoms with Gasteiger partial charge in [0, 0.05) is 17.1 Å². The molecule has 3 rings (SSSR count). The summed E-state index contributed by atoms with van der Waals surface area (Å²) in [6.07, 6.45) is 0. The summed E-state index contributed by atoms with van der Waals surface area (Å²) in [4.78, 5) is 13.0. The lowest BCUT2D eigenvalue weighted by Crippen LogP contribution is -2.02. The summed E-state index contributed by atoms with van der Waals surface area (Å²) in [7, 11) is 1.80. The number of fused-ring (bicyclic) bond motifs is 2. The number of nitrogens with zero attached hydrogens (tertiary/aromatic N) is 2. The van der Waals surface area contributed by atoms with Gasteiger partial charge in [-0.05, 0) is 12.1 Å². The molecule has 0 spiro atoms. The number of aromatic nitrogens is 2. The van der Waals surface area contributed by atoms with E-state index >= 15 is 0 Å². The fourth-order valence-electron chi connectivity index (χ4n) is 1.84. The molecule has 0 aliphatic carbocycles. The predicted octanol–water partition coefficient (Wildman–Crippen LogP) is 1.73. The molecule has 4 nitrogen and oxygen atoms in total. The summed E-state index contributed by atoms with van der Waals surface area (Å²) in [5, 5.41) is 5.32. The molecule has 2 N–H and O–H groups in total. The number of hydrogen-bond acceptors (Lipinski definition) is 4. The van der Waals surface area contributed by atoms with Crippen LogP contribution in [0.25, 0.3) is 20.3 Å². The fourth-order valence-corrected chi connectivity index (χ4v) is 2.94. The van der Waals surface area contributed by atoms with Crippen molar-refractivity contribution in [3.05, 3.63) is 34.5 Å². The number of aryl methyl sites for hydroxylation is 1. The Morgan fingerprint density at radius 1 is 1.38 bits per heavy atom. The average Bonchev–Trinajstić information content (AvgIpc) is 2.55. The van der Waals surface area contributed by atoms with Crippen molar-refractivity contribution < 1.29 is 0 Å². The van der Waals surface area contributed by atoms with Crippen molar-refractivity contribution in [2.75, 3.05) is 5.73 Å². The van der Waals surface area contributed by atoms with E-state index < -0.39 is 0 Å². The van der Waals surface area contributed by atoms with E-state index in [1.807, 2.05) is 24.3 Å². The highest BCUT2D eigenvalue weighted by Crippen LogP contribution is 2.26. The molecule has 80 valence electrons. The van der Waals surface area contributed by atoms with E-state index in [9.17, 15) is 4.79 Å². The van der Waals surface area contributed by atoms with Crippen LogP contribution >= 0.6 is 11.3 Å². The Kier molecular flexibility index (Phi) is 1.79. The highest BCUT2D eigenvalue weighted by atomic mass is 32.1. The van der Waals surface area contributed by atoms with Gasteiger partial charge in [0.05, 0.1) is 0 Å². The summed E-state index contributed by atoms with van der Waals surface area (Å²) < 4.78 is 2.62. The molecule has 0 amide bonds. The van der Waals surface area contributed by atoms with Gasteiger partial charge in [-0.3, -0.25) is 9.48 Å². The Labute approximate surface area is 94.9 Å². The van der Waals surface area contributed by atoms with Gasteiger partial charge in [-0.1, -0.05) is 12.1 Å². The molecule has 5 heteroatoms. The highest BCUT2D eigenvalue weighted by Gasteiger charge is 2.12. The second-order valence-corrected chi connectivity index (χ2v) is 4.65. The minimum absolute atomic E-state index is 0.0325. The summed E-state index contributed by atoms with van der Waals surface area (Å²) in [6, 6.07) is 7.53. The standard InChI is InChI=1S/C11H9N3OS/c1-14-11-8(10(12)13-14)9(15)6-4-2-3-5-7(6)16-11/h2-5H,1H3,(H2,12,13). The van der Waals surface area contributed by atoms with Crippen LogP contribution in [0.15, 0.2) is 29.1 Å². The maximum atomic E-state index is 12.2. The van der Waals surface area contributed by atoms with Gasteiger partial charge in [-0.2, -0.15) is 5.10 Å². The first kappa shape index (κ1) is 9.35. The van der Waals surface area contributed by atoms with Crippen LogP contribution in [-0.2, 0) is 7.05 Å². The van der Waals surface area contributed by atoms with Gasteiger partial charge in [-0.15, -0.1) is 11.3 Å². The minimum atomic E-state index is -0.0325. The van der Waals surface area contributed by atoms with Gasteiger partial charge in [-0.25, -0.2) is 0 Å². The largest absolute Gasteiger partial charge is 0.382 e. The van der Waals surface area contributed by atoms with E-state index in [1.54, 1.807) is 11.7 Å². The van der Waals surface area contributed by atoms with Crippen molar-refractivity contribution in [2.45, 2.75) is 0 Å². The van der Waals surface area contributed by atoms with Gasteiger partial charge < -0.3 is 5.73 Å². The van der Waals surface area contributed by atoms with Gasteiger partial charge in [0.25, 0.3) is 0 Å². The first-order valence-electron chi connectivity index (χ1n) is 4.82. The summed E-state index contributed by atoms with van der Waals surface area (Å²) in [5.74, 6) is 0.310. The third-order valence-corrected chi connectivity index (χ3v) is 3.82. The summed E-state index contributed by atoms with van der Waals surface area (Å²) in [5.41, 5.74) is 5.71. The number of rotatable bonds is 0. The third kappa shape index (κ3) is 1.09. The molecule has 0 aliphatic heterocycles. The molecular weight excluding hydrogens is 222 g/mol. The molecule has 0 saturated carbocycles. The number of nitrogens with two attached hydrogens (primary N) is 1. The Morgan fingerprint density at radius 3 is 2.94 bits per heavy atom. The van der Waals surface area contributed by atoms with Crippen molar-refractivity contribution >= 4 is 37.5 Å². The molecular formula is C11H9N3OS. The summed E-state index contributed by atoms with van der Waals surface area (Å²) >= 11 is 1.53. The van der Waals surface area contributed by atoms with Crippen molar-refractivity contribution in [3.8, 4) is 0 Å². The third-order valence-electron chi connectivity index (χ3n) is 2.59. The lowest BCUT2D eigenvalue weighted by Gasteiger charge is -1.97. The monoisotopic (exact) mass is 231 g/mol.